The number of benzene rings is 2. The molecule has 2 amide bonds. The molecule has 5 nitrogen and oxygen atoms in total. The van der Waals surface area contributed by atoms with Crippen molar-refractivity contribution in [2.45, 2.75) is 0 Å². The molecule has 0 spiro atoms. The van der Waals surface area contributed by atoms with Gasteiger partial charge in [0, 0.05) is 22.9 Å². The zero-order chi connectivity index (χ0) is 16.5. The first-order valence-corrected chi connectivity index (χ1v) is 6.77. The highest BCUT2D eigenvalue weighted by Crippen LogP contribution is 2.11. The molecule has 5 heteroatoms. The summed E-state index contributed by atoms with van der Waals surface area (Å²) in [5.74, 6) is 4.64. The van der Waals surface area contributed by atoms with Crippen molar-refractivity contribution < 1.29 is 14.8 Å². The van der Waals surface area contributed by atoms with E-state index in [4.69, 9.17) is 5.21 Å². The zero-order valence-electron chi connectivity index (χ0n) is 12.1. The van der Waals surface area contributed by atoms with E-state index in [9.17, 15) is 9.59 Å². The summed E-state index contributed by atoms with van der Waals surface area (Å²) in [7, 11) is 0. The molecule has 0 heterocycles. The van der Waals surface area contributed by atoms with E-state index >= 15 is 0 Å². The number of anilines is 1. The van der Waals surface area contributed by atoms with Crippen molar-refractivity contribution in [3.05, 3.63) is 77.9 Å². The van der Waals surface area contributed by atoms with Crippen LogP contribution in [0.15, 0.2) is 66.7 Å². The van der Waals surface area contributed by atoms with E-state index in [1.807, 2.05) is 6.07 Å². The van der Waals surface area contributed by atoms with Gasteiger partial charge in [0.15, 0.2) is 0 Å². The Bertz CT molecular complexity index is 787. The molecule has 2 aromatic carbocycles. The molecular weight excluding hydrogens is 292 g/mol. The van der Waals surface area contributed by atoms with Crippen LogP contribution in [0.5, 0.6) is 0 Å². The fourth-order valence-corrected chi connectivity index (χ4v) is 1.75. The van der Waals surface area contributed by atoms with Crippen molar-refractivity contribution in [2.24, 2.45) is 0 Å². The molecule has 23 heavy (non-hydrogen) atoms. The average molecular weight is 306 g/mol. The molecule has 0 aliphatic heterocycles. The van der Waals surface area contributed by atoms with Crippen LogP contribution >= 0.6 is 0 Å². The van der Waals surface area contributed by atoms with Crippen molar-refractivity contribution in [3.8, 4) is 11.8 Å². The van der Waals surface area contributed by atoms with Gasteiger partial charge in [-0.3, -0.25) is 14.8 Å². The molecule has 114 valence electrons. The highest BCUT2D eigenvalue weighted by Gasteiger charge is 2.04. The molecule has 0 aliphatic rings. The molecule has 0 saturated carbocycles. The van der Waals surface area contributed by atoms with Crippen LogP contribution in [0.1, 0.15) is 15.9 Å². The topological polar surface area (TPSA) is 78.4 Å². The summed E-state index contributed by atoms with van der Waals surface area (Å²) in [6, 6.07) is 16.0. The number of hydrogen-bond acceptors (Lipinski definition) is 3. The van der Waals surface area contributed by atoms with E-state index in [0.717, 1.165) is 6.08 Å². The Morgan fingerprint density at radius 2 is 1.83 bits per heavy atom. The van der Waals surface area contributed by atoms with Gasteiger partial charge in [-0.05, 0) is 36.4 Å². The molecule has 0 bridgehead atoms. The standard InChI is InChI=1S/C18H14N2O3/c21-17(20-23)12-5-4-7-14-8-6-11-16(13-14)19-18(22)15-9-2-1-3-10-15/h1-3,5-6,8-13,23H,(H,19,22)(H,20,21)/b12-5+. The van der Waals surface area contributed by atoms with Crippen molar-refractivity contribution in [1.82, 2.24) is 5.48 Å². The van der Waals surface area contributed by atoms with Crippen molar-refractivity contribution in [1.29, 1.82) is 0 Å². The lowest BCUT2D eigenvalue weighted by molar-refractivity contribution is -0.124. The van der Waals surface area contributed by atoms with Crippen molar-refractivity contribution >= 4 is 17.5 Å². The molecular formula is C18H14N2O3. The quantitative estimate of drug-likeness (QED) is 0.352. The van der Waals surface area contributed by atoms with Gasteiger partial charge in [-0.25, -0.2) is 5.48 Å². The highest BCUT2D eigenvalue weighted by molar-refractivity contribution is 6.04. The average Bonchev–Trinajstić information content (AvgIpc) is 2.59. The minimum atomic E-state index is -0.650. The normalized spacial score (nSPS) is 9.78. The SMILES string of the molecule is O=C(/C=C/C#Cc1cccc(NC(=O)c2ccccc2)c1)NO. The second kappa shape index (κ2) is 8.17. The summed E-state index contributed by atoms with van der Waals surface area (Å²) in [6.07, 6.45) is 2.43. The number of carbonyl (C=O) groups is 2. The predicted octanol–water partition coefficient (Wildman–Crippen LogP) is 2.35. The largest absolute Gasteiger partial charge is 0.322 e. The van der Waals surface area contributed by atoms with Crippen molar-refractivity contribution in [2.75, 3.05) is 5.32 Å². The van der Waals surface area contributed by atoms with Crippen LogP contribution in [-0.2, 0) is 4.79 Å². The molecule has 2 aromatic rings. The summed E-state index contributed by atoms with van der Waals surface area (Å²) in [5, 5.41) is 11.1. The highest BCUT2D eigenvalue weighted by atomic mass is 16.5. The van der Waals surface area contributed by atoms with Gasteiger partial charge in [-0.1, -0.05) is 36.1 Å². The third-order valence-corrected chi connectivity index (χ3v) is 2.80. The van der Waals surface area contributed by atoms with Gasteiger partial charge in [-0.15, -0.1) is 0 Å². The molecule has 0 aliphatic carbocycles. The number of rotatable bonds is 3. The van der Waals surface area contributed by atoms with Crippen LogP contribution in [-0.4, -0.2) is 17.0 Å². The molecule has 0 fully saturated rings. The fraction of sp³-hybridized carbons (Fsp3) is 0. The first-order valence-electron chi connectivity index (χ1n) is 6.77. The summed E-state index contributed by atoms with van der Waals surface area (Å²) in [5.41, 5.74) is 3.35. The Morgan fingerprint density at radius 3 is 2.57 bits per heavy atom. The van der Waals surface area contributed by atoms with Crippen LogP contribution in [0.25, 0.3) is 0 Å². The van der Waals surface area contributed by atoms with Crippen LogP contribution in [0.4, 0.5) is 5.69 Å². The van der Waals surface area contributed by atoms with E-state index in [0.29, 0.717) is 16.8 Å². The third kappa shape index (κ3) is 5.16. The lowest BCUT2D eigenvalue weighted by Crippen LogP contribution is -2.14. The fourth-order valence-electron chi connectivity index (χ4n) is 1.75. The minimum Gasteiger partial charge on any atom is -0.322 e. The maximum atomic E-state index is 12.1. The van der Waals surface area contributed by atoms with Crippen molar-refractivity contribution in [3.63, 3.8) is 0 Å². The van der Waals surface area contributed by atoms with Gasteiger partial charge in [0.25, 0.3) is 11.8 Å². The van der Waals surface area contributed by atoms with Gasteiger partial charge in [0.2, 0.25) is 0 Å². The van der Waals surface area contributed by atoms with Crippen LogP contribution in [0.2, 0.25) is 0 Å². The predicted molar refractivity (Wildman–Crippen MR) is 86.8 cm³/mol. The van der Waals surface area contributed by atoms with E-state index in [2.05, 4.69) is 17.2 Å². The van der Waals surface area contributed by atoms with Gasteiger partial charge >= 0.3 is 0 Å². The van der Waals surface area contributed by atoms with E-state index < -0.39 is 5.91 Å². The first-order chi connectivity index (χ1) is 11.2. The number of hydroxylamine groups is 1. The van der Waals surface area contributed by atoms with E-state index in [1.54, 1.807) is 48.5 Å². The smallest absolute Gasteiger partial charge is 0.267 e. The van der Waals surface area contributed by atoms with E-state index in [-0.39, 0.29) is 5.91 Å². The van der Waals surface area contributed by atoms with Gasteiger partial charge in [0.05, 0.1) is 0 Å². The Morgan fingerprint density at radius 1 is 1.04 bits per heavy atom. The first kappa shape index (κ1) is 16.0. The summed E-state index contributed by atoms with van der Waals surface area (Å²) in [4.78, 5) is 22.8. The number of amides is 2. The number of nitrogens with one attached hydrogen (secondary N) is 2. The third-order valence-electron chi connectivity index (χ3n) is 2.80. The van der Waals surface area contributed by atoms with Gasteiger partial charge in [0.1, 0.15) is 0 Å². The maximum Gasteiger partial charge on any atom is 0.267 e. The Hall–Kier alpha value is -3.36. The Kier molecular flexibility index (Phi) is 5.69. The molecule has 3 N–H and O–H groups in total. The molecule has 0 aromatic heterocycles. The number of hydrogen-bond donors (Lipinski definition) is 3. The Balaban J connectivity index is 2.06. The van der Waals surface area contributed by atoms with Gasteiger partial charge < -0.3 is 5.32 Å². The molecule has 0 unspecified atom stereocenters. The van der Waals surface area contributed by atoms with Gasteiger partial charge in [-0.2, -0.15) is 0 Å². The molecule has 0 radical (unpaired) electrons. The second-order valence-corrected chi connectivity index (χ2v) is 4.48. The lowest BCUT2D eigenvalue weighted by Gasteiger charge is -2.05. The summed E-state index contributed by atoms with van der Waals surface area (Å²) in [6.45, 7) is 0. The van der Waals surface area contributed by atoms with Crippen LogP contribution in [0, 0.1) is 11.8 Å². The summed E-state index contributed by atoms with van der Waals surface area (Å²) >= 11 is 0. The van der Waals surface area contributed by atoms with Crippen LogP contribution in [0.3, 0.4) is 0 Å². The molecule has 2 rings (SSSR count). The molecule has 0 saturated heterocycles. The number of carbonyl (C=O) groups excluding carboxylic acids is 2. The monoisotopic (exact) mass is 306 g/mol. The minimum absolute atomic E-state index is 0.199. The van der Waals surface area contributed by atoms with Crippen LogP contribution < -0.4 is 10.8 Å². The maximum absolute atomic E-state index is 12.1. The molecule has 0 atom stereocenters. The zero-order valence-corrected chi connectivity index (χ0v) is 12.1. The number of allylic oxidation sites excluding steroid dienone is 1. The summed E-state index contributed by atoms with van der Waals surface area (Å²) < 4.78 is 0. The Labute approximate surface area is 133 Å². The second-order valence-electron chi connectivity index (χ2n) is 4.48. The lowest BCUT2D eigenvalue weighted by atomic mass is 10.1. The van der Waals surface area contributed by atoms with E-state index in [1.165, 1.54) is 11.6 Å².